The molecule has 0 saturated heterocycles. The number of anilines is 1. The van der Waals surface area contributed by atoms with Gasteiger partial charge in [-0.25, -0.2) is 9.37 Å². The zero-order valence-corrected chi connectivity index (χ0v) is 14.4. The first kappa shape index (κ1) is 16.0. The number of hydrogen-bond donors (Lipinski definition) is 1. The summed E-state index contributed by atoms with van der Waals surface area (Å²) < 4.78 is 13.2. The molecule has 0 bridgehead atoms. The van der Waals surface area contributed by atoms with E-state index in [1.54, 1.807) is 6.07 Å². The van der Waals surface area contributed by atoms with E-state index in [1.807, 2.05) is 5.38 Å². The Kier molecular flexibility index (Phi) is 4.32. The van der Waals surface area contributed by atoms with Crippen LogP contribution >= 0.6 is 11.3 Å². The maximum atomic E-state index is 13.2. The third-order valence-corrected chi connectivity index (χ3v) is 5.21. The Hall–Kier alpha value is -2.53. The molecule has 1 aliphatic carbocycles. The van der Waals surface area contributed by atoms with Gasteiger partial charge in [0.05, 0.1) is 5.69 Å². The van der Waals surface area contributed by atoms with Crippen LogP contribution in [0.5, 0.6) is 0 Å². The van der Waals surface area contributed by atoms with Crippen LogP contribution < -0.4 is 5.32 Å². The molecule has 126 valence electrons. The van der Waals surface area contributed by atoms with Gasteiger partial charge >= 0.3 is 0 Å². The van der Waals surface area contributed by atoms with Crippen molar-refractivity contribution < 1.29 is 9.18 Å². The normalized spacial score (nSPS) is 13.3. The van der Waals surface area contributed by atoms with Crippen LogP contribution in [-0.2, 0) is 12.8 Å². The van der Waals surface area contributed by atoms with Gasteiger partial charge in [-0.3, -0.25) is 10.1 Å². The number of thiazole rings is 1. The highest BCUT2D eigenvalue weighted by Gasteiger charge is 2.13. The predicted molar refractivity (Wildman–Crippen MR) is 98.5 cm³/mol. The van der Waals surface area contributed by atoms with Crippen molar-refractivity contribution in [3.05, 3.63) is 70.4 Å². The first-order chi connectivity index (χ1) is 12.2. The van der Waals surface area contributed by atoms with E-state index in [1.165, 1.54) is 53.5 Å². The lowest BCUT2D eigenvalue weighted by Gasteiger charge is -2.16. The van der Waals surface area contributed by atoms with Crippen LogP contribution in [-0.4, -0.2) is 10.9 Å². The number of nitrogens with one attached hydrogen (secondary N) is 1. The summed E-state index contributed by atoms with van der Waals surface area (Å²) in [5.41, 5.74) is 5.05. The Morgan fingerprint density at radius 3 is 2.76 bits per heavy atom. The molecule has 0 aliphatic heterocycles. The molecule has 1 aliphatic rings. The minimum atomic E-state index is -0.429. The van der Waals surface area contributed by atoms with Crippen molar-refractivity contribution in [2.45, 2.75) is 25.7 Å². The molecule has 1 aromatic heterocycles. The quantitative estimate of drug-likeness (QED) is 0.714. The fourth-order valence-electron chi connectivity index (χ4n) is 3.16. The average Bonchev–Trinajstić information content (AvgIpc) is 3.10. The molecule has 0 unspecified atom stereocenters. The zero-order chi connectivity index (χ0) is 17.2. The molecule has 1 heterocycles. The number of hydrogen-bond acceptors (Lipinski definition) is 3. The number of halogens is 1. The van der Waals surface area contributed by atoms with Crippen molar-refractivity contribution >= 4 is 22.4 Å². The molecule has 4 rings (SSSR count). The van der Waals surface area contributed by atoms with Gasteiger partial charge in [0.1, 0.15) is 5.82 Å². The lowest BCUT2D eigenvalue weighted by Crippen LogP contribution is -2.11. The summed E-state index contributed by atoms with van der Waals surface area (Å²) in [5.74, 6) is -0.785. The van der Waals surface area contributed by atoms with Crippen LogP contribution in [0.25, 0.3) is 11.3 Å². The lowest BCUT2D eigenvalue weighted by atomic mass is 9.90. The Morgan fingerprint density at radius 1 is 1.08 bits per heavy atom. The van der Waals surface area contributed by atoms with Crippen LogP contribution in [0.1, 0.15) is 34.3 Å². The molecule has 2 aromatic carbocycles. The second kappa shape index (κ2) is 6.76. The molecule has 1 amide bonds. The predicted octanol–water partition coefficient (Wildman–Crippen LogP) is 5.08. The monoisotopic (exact) mass is 352 g/mol. The van der Waals surface area contributed by atoms with Gasteiger partial charge in [0.15, 0.2) is 5.13 Å². The van der Waals surface area contributed by atoms with E-state index in [0.717, 1.165) is 24.1 Å². The fraction of sp³-hybridized carbons (Fsp3) is 0.200. The molecular formula is C20H17FN2OS. The van der Waals surface area contributed by atoms with E-state index < -0.39 is 5.82 Å². The summed E-state index contributed by atoms with van der Waals surface area (Å²) in [4.78, 5) is 16.7. The maximum Gasteiger partial charge on any atom is 0.257 e. The standard InChI is InChI=1S/C20H17FN2OS/c21-17-7-3-6-16(11-17)19(24)23-20-22-18(12-25-20)15-9-8-13-4-1-2-5-14(13)10-15/h3,6-12H,1-2,4-5H2,(H,22,23,24). The maximum absolute atomic E-state index is 13.2. The number of amides is 1. The largest absolute Gasteiger partial charge is 0.298 e. The number of carbonyl (C=O) groups is 1. The van der Waals surface area contributed by atoms with Crippen molar-refractivity contribution in [1.29, 1.82) is 0 Å². The van der Waals surface area contributed by atoms with E-state index in [9.17, 15) is 9.18 Å². The van der Waals surface area contributed by atoms with Crippen LogP contribution in [0.3, 0.4) is 0 Å². The molecule has 0 fully saturated rings. The number of aryl methyl sites for hydroxylation is 2. The van der Waals surface area contributed by atoms with Crippen molar-refractivity contribution in [2.24, 2.45) is 0 Å². The van der Waals surface area contributed by atoms with Crippen LogP contribution in [0.15, 0.2) is 47.8 Å². The molecule has 5 heteroatoms. The molecular weight excluding hydrogens is 335 g/mol. The van der Waals surface area contributed by atoms with Crippen molar-refractivity contribution in [3.63, 3.8) is 0 Å². The third kappa shape index (κ3) is 3.46. The van der Waals surface area contributed by atoms with Gasteiger partial charge in [-0.05, 0) is 61.1 Å². The van der Waals surface area contributed by atoms with Gasteiger partial charge in [-0.2, -0.15) is 0 Å². The topological polar surface area (TPSA) is 42.0 Å². The molecule has 0 spiro atoms. The fourth-order valence-corrected chi connectivity index (χ4v) is 3.87. The minimum absolute atomic E-state index is 0.283. The van der Waals surface area contributed by atoms with E-state index in [0.29, 0.717) is 5.13 Å². The first-order valence-corrected chi connectivity index (χ1v) is 9.21. The van der Waals surface area contributed by atoms with Crippen LogP contribution in [0.4, 0.5) is 9.52 Å². The van der Waals surface area contributed by atoms with Gasteiger partial charge in [0, 0.05) is 16.5 Å². The molecule has 0 saturated carbocycles. The molecule has 3 nitrogen and oxygen atoms in total. The zero-order valence-electron chi connectivity index (χ0n) is 13.6. The highest BCUT2D eigenvalue weighted by molar-refractivity contribution is 7.14. The summed E-state index contributed by atoms with van der Waals surface area (Å²) in [6, 6.07) is 12.1. The van der Waals surface area contributed by atoms with Gasteiger partial charge < -0.3 is 0 Å². The summed E-state index contributed by atoms with van der Waals surface area (Å²) in [5, 5.41) is 5.19. The average molecular weight is 352 g/mol. The third-order valence-electron chi connectivity index (χ3n) is 4.46. The highest BCUT2D eigenvalue weighted by atomic mass is 32.1. The van der Waals surface area contributed by atoms with E-state index in [2.05, 4.69) is 28.5 Å². The van der Waals surface area contributed by atoms with Gasteiger partial charge in [0.2, 0.25) is 0 Å². The lowest BCUT2D eigenvalue weighted by molar-refractivity contribution is 0.102. The second-order valence-electron chi connectivity index (χ2n) is 6.19. The highest BCUT2D eigenvalue weighted by Crippen LogP contribution is 2.29. The van der Waals surface area contributed by atoms with Crippen LogP contribution in [0, 0.1) is 5.82 Å². The number of nitrogens with zero attached hydrogens (tertiary/aromatic N) is 1. The van der Waals surface area contributed by atoms with Gasteiger partial charge in [-0.15, -0.1) is 11.3 Å². The molecule has 1 N–H and O–H groups in total. The molecule has 0 radical (unpaired) electrons. The Morgan fingerprint density at radius 2 is 1.92 bits per heavy atom. The summed E-state index contributed by atoms with van der Waals surface area (Å²) in [7, 11) is 0. The van der Waals surface area contributed by atoms with E-state index >= 15 is 0 Å². The Labute approximate surface area is 149 Å². The van der Waals surface area contributed by atoms with Gasteiger partial charge in [0.25, 0.3) is 5.91 Å². The molecule has 0 atom stereocenters. The first-order valence-electron chi connectivity index (χ1n) is 8.34. The van der Waals surface area contributed by atoms with Crippen molar-refractivity contribution in [1.82, 2.24) is 4.98 Å². The number of carbonyl (C=O) groups excluding carboxylic acids is 1. The molecule has 3 aromatic rings. The minimum Gasteiger partial charge on any atom is -0.298 e. The second-order valence-corrected chi connectivity index (χ2v) is 7.05. The summed E-state index contributed by atoms with van der Waals surface area (Å²) >= 11 is 1.37. The number of rotatable bonds is 3. The number of fused-ring (bicyclic) bond motifs is 1. The number of aromatic nitrogens is 1. The van der Waals surface area contributed by atoms with Crippen molar-refractivity contribution in [3.8, 4) is 11.3 Å². The van der Waals surface area contributed by atoms with E-state index in [-0.39, 0.29) is 11.5 Å². The molecule has 25 heavy (non-hydrogen) atoms. The summed E-state index contributed by atoms with van der Waals surface area (Å²) in [6.45, 7) is 0. The van der Waals surface area contributed by atoms with Crippen LogP contribution in [0.2, 0.25) is 0 Å². The van der Waals surface area contributed by atoms with Crippen molar-refractivity contribution in [2.75, 3.05) is 5.32 Å². The Bertz CT molecular complexity index is 935. The summed E-state index contributed by atoms with van der Waals surface area (Å²) in [6.07, 6.45) is 4.78. The Balaban J connectivity index is 1.53. The SMILES string of the molecule is O=C(Nc1nc(-c2ccc3c(c2)CCCC3)cs1)c1cccc(F)c1. The number of benzene rings is 2. The van der Waals surface area contributed by atoms with E-state index in [4.69, 9.17) is 0 Å². The van der Waals surface area contributed by atoms with Gasteiger partial charge in [-0.1, -0.05) is 18.2 Å². The smallest absolute Gasteiger partial charge is 0.257 e.